The van der Waals surface area contributed by atoms with E-state index in [0.717, 1.165) is 16.3 Å². The van der Waals surface area contributed by atoms with Crippen LogP contribution in [0, 0.1) is 6.92 Å². The summed E-state index contributed by atoms with van der Waals surface area (Å²) < 4.78 is 0. The summed E-state index contributed by atoms with van der Waals surface area (Å²) >= 11 is 0. The van der Waals surface area contributed by atoms with Gasteiger partial charge in [-0.05, 0) is 18.6 Å². The van der Waals surface area contributed by atoms with Gasteiger partial charge in [0, 0.05) is 23.2 Å². The van der Waals surface area contributed by atoms with Gasteiger partial charge in [0.25, 0.3) is 0 Å². The monoisotopic (exact) mass is 158 g/mol. The van der Waals surface area contributed by atoms with Crippen molar-refractivity contribution in [3.8, 4) is 5.75 Å². The summed E-state index contributed by atoms with van der Waals surface area (Å²) in [7, 11) is 0. The highest BCUT2D eigenvalue weighted by Crippen LogP contribution is 2.26. The third kappa shape index (κ3) is 0.925. The maximum atomic E-state index is 11.4. The van der Waals surface area contributed by atoms with Crippen molar-refractivity contribution >= 4 is 10.8 Å². The quantitative estimate of drug-likeness (QED) is 0.580. The van der Waals surface area contributed by atoms with Gasteiger partial charge in [-0.3, -0.25) is 10.1 Å². The lowest BCUT2D eigenvalue weighted by Gasteiger charge is -2.00. The van der Waals surface area contributed by atoms with E-state index in [1.807, 2.05) is 13.0 Å². The summed E-state index contributed by atoms with van der Waals surface area (Å²) in [5, 5.41) is 13.1. The smallest absolute Gasteiger partial charge is 0.186 e. The number of hydrogen-bond acceptors (Lipinski definition) is 1. The van der Waals surface area contributed by atoms with Crippen LogP contribution < -0.4 is 0 Å². The SMILES string of the molecule is Cc1cncc2cccc([O])c12. The molecule has 0 atom stereocenters. The van der Waals surface area contributed by atoms with Crippen molar-refractivity contribution in [1.29, 1.82) is 0 Å². The maximum Gasteiger partial charge on any atom is 0.186 e. The number of aromatic nitrogens is 1. The second-order valence-corrected chi connectivity index (χ2v) is 2.81. The van der Waals surface area contributed by atoms with Crippen molar-refractivity contribution in [3.63, 3.8) is 0 Å². The van der Waals surface area contributed by atoms with Gasteiger partial charge in [0.15, 0.2) is 5.75 Å². The summed E-state index contributed by atoms with van der Waals surface area (Å²) in [6.45, 7) is 1.90. The fourth-order valence-electron chi connectivity index (χ4n) is 1.37. The fraction of sp³-hybridized carbons (Fsp3) is 0.100. The maximum absolute atomic E-state index is 11.4. The lowest BCUT2D eigenvalue weighted by molar-refractivity contribution is 0.360. The van der Waals surface area contributed by atoms with E-state index in [0.29, 0.717) is 0 Å². The molecule has 0 aliphatic heterocycles. The predicted octanol–water partition coefficient (Wildman–Crippen LogP) is 2.69. The summed E-state index contributed by atoms with van der Waals surface area (Å²) in [4.78, 5) is 4.01. The number of benzene rings is 1. The van der Waals surface area contributed by atoms with Crippen molar-refractivity contribution in [2.45, 2.75) is 6.92 Å². The van der Waals surface area contributed by atoms with Gasteiger partial charge >= 0.3 is 0 Å². The molecule has 1 aromatic carbocycles. The fourth-order valence-corrected chi connectivity index (χ4v) is 1.37. The first-order valence-corrected chi connectivity index (χ1v) is 3.79. The minimum atomic E-state index is 0.0763. The Balaban J connectivity index is 2.96. The van der Waals surface area contributed by atoms with Crippen molar-refractivity contribution in [1.82, 2.24) is 4.98 Å². The Morgan fingerprint density at radius 3 is 2.83 bits per heavy atom. The van der Waals surface area contributed by atoms with E-state index in [1.54, 1.807) is 24.5 Å². The topological polar surface area (TPSA) is 32.8 Å². The van der Waals surface area contributed by atoms with Crippen LogP contribution in [-0.2, 0) is 5.11 Å². The molecule has 0 aliphatic rings. The number of nitrogens with zero attached hydrogens (tertiary/aromatic N) is 1. The molecule has 0 amide bonds. The van der Waals surface area contributed by atoms with E-state index in [-0.39, 0.29) is 5.75 Å². The van der Waals surface area contributed by atoms with Crippen LogP contribution in [0.3, 0.4) is 0 Å². The molecule has 12 heavy (non-hydrogen) atoms. The molecular weight excluding hydrogens is 150 g/mol. The van der Waals surface area contributed by atoms with Crippen LogP contribution in [0.2, 0.25) is 0 Å². The molecular formula is C10H8NO. The highest BCUT2D eigenvalue weighted by Gasteiger charge is 2.02. The van der Waals surface area contributed by atoms with Gasteiger partial charge in [-0.25, -0.2) is 0 Å². The first kappa shape index (κ1) is 7.10. The van der Waals surface area contributed by atoms with Gasteiger partial charge in [-0.1, -0.05) is 12.1 Å². The number of rotatable bonds is 0. The van der Waals surface area contributed by atoms with Gasteiger partial charge < -0.3 is 0 Å². The predicted molar refractivity (Wildman–Crippen MR) is 46.6 cm³/mol. The Morgan fingerprint density at radius 1 is 1.25 bits per heavy atom. The molecule has 2 heteroatoms. The molecule has 0 saturated heterocycles. The van der Waals surface area contributed by atoms with Crippen molar-refractivity contribution < 1.29 is 5.11 Å². The molecule has 2 rings (SSSR count). The van der Waals surface area contributed by atoms with Crippen molar-refractivity contribution in [3.05, 3.63) is 36.2 Å². The summed E-state index contributed by atoms with van der Waals surface area (Å²) in [5.74, 6) is 0.0763. The van der Waals surface area contributed by atoms with Gasteiger partial charge in [0.1, 0.15) is 0 Å². The van der Waals surface area contributed by atoms with Crippen LogP contribution in [0.4, 0.5) is 0 Å². The molecule has 0 unspecified atom stereocenters. The number of pyridine rings is 1. The van der Waals surface area contributed by atoms with Gasteiger partial charge in [0.2, 0.25) is 0 Å². The first-order chi connectivity index (χ1) is 5.79. The Labute approximate surface area is 70.5 Å². The number of hydrogen-bond donors (Lipinski definition) is 0. The average molecular weight is 158 g/mol. The normalized spacial score (nSPS) is 10.4. The molecule has 1 heterocycles. The number of aryl methyl sites for hydroxylation is 1. The lowest BCUT2D eigenvalue weighted by atomic mass is 10.1. The molecule has 59 valence electrons. The van der Waals surface area contributed by atoms with E-state index in [9.17, 15) is 5.11 Å². The Hall–Kier alpha value is -1.57. The molecule has 2 aromatic rings. The largest absolute Gasteiger partial charge is 0.289 e. The Kier molecular flexibility index (Phi) is 1.47. The standard InChI is InChI=1S/C10H8NO/c1-7-5-11-6-8-3-2-4-9(12)10(7)8/h2-6H,1H3. The molecule has 2 nitrogen and oxygen atoms in total. The van der Waals surface area contributed by atoms with E-state index < -0.39 is 0 Å². The van der Waals surface area contributed by atoms with E-state index in [2.05, 4.69) is 4.98 Å². The van der Waals surface area contributed by atoms with Gasteiger partial charge in [0.05, 0.1) is 0 Å². The molecule has 0 bridgehead atoms. The Bertz CT molecular complexity index is 386. The highest BCUT2D eigenvalue weighted by molar-refractivity contribution is 5.89. The first-order valence-electron chi connectivity index (χ1n) is 3.79. The van der Waals surface area contributed by atoms with Gasteiger partial charge in [-0.2, -0.15) is 0 Å². The minimum absolute atomic E-state index is 0.0763. The molecule has 0 spiro atoms. The average Bonchev–Trinajstić information content (AvgIpc) is 2.04. The molecule has 0 saturated carbocycles. The Morgan fingerprint density at radius 2 is 2.08 bits per heavy atom. The summed E-state index contributed by atoms with van der Waals surface area (Å²) in [6, 6.07) is 5.23. The molecule has 0 aliphatic carbocycles. The van der Waals surface area contributed by atoms with Crippen LogP contribution in [0.25, 0.3) is 10.8 Å². The van der Waals surface area contributed by atoms with E-state index in [4.69, 9.17) is 0 Å². The second-order valence-electron chi connectivity index (χ2n) is 2.81. The van der Waals surface area contributed by atoms with Gasteiger partial charge in [-0.15, -0.1) is 0 Å². The zero-order valence-electron chi connectivity index (χ0n) is 6.74. The minimum Gasteiger partial charge on any atom is -0.289 e. The third-order valence-electron chi connectivity index (χ3n) is 1.93. The van der Waals surface area contributed by atoms with Crippen LogP contribution in [-0.4, -0.2) is 4.98 Å². The van der Waals surface area contributed by atoms with E-state index >= 15 is 0 Å². The number of fused-ring (bicyclic) bond motifs is 1. The zero-order chi connectivity index (χ0) is 8.55. The molecule has 0 N–H and O–H groups in total. The van der Waals surface area contributed by atoms with Crippen LogP contribution >= 0.6 is 0 Å². The molecule has 1 aromatic heterocycles. The third-order valence-corrected chi connectivity index (χ3v) is 1.93. The van der Waals surface area contributed by atoms with Crippen LogP contribution in [0.1, 0.15) is 5.56 Å². The second kappa shape index (κ2) is 2.48. The van der Waals surface area contributed by atoms with Crippen LogP contribution in [0.15, 0.2) is 30.6 Å². The van der Waals surface area contributed by atoms with Crippen molar-refractivity contribution in [2.24, 2.45) is 0 Å². The van der Waals surface area contributed by atoms with E-state index in [1.165, 1.54) is 0 Å². The summed E-state index contributed by atoms with van der Waals surface area (Å²) in [6.07, 6.45) is 3.42. The molecule has 0 fully saturated rings. The lowest BCUT2D eigenvalue weighted by Crippen LogP contribution is -1.80. The summed E-state index contributed by atoms with van der Waals surface area (Å²) in [5.41, 5.74) is 0.943. The highest BCUT2D eigenvalue weighted by atomic mass is 16.3. The van der Waals surface area contributed by atoms with Crippen LogP contribution in [0.5, 0.6) is 5.75 Å². The molecule has 1 radical (unpaired) electrons. The van der Waals surface area contributed by atoms with Crippen molar-refractivity contribution in [2.75, 3.05) is 0 Å². The zero-order valence-corrected chi connectivity index (χ0v) is 6.74.